The predicted molar refractivity (Wildman–Crippen MR) is 89.9 cm³/mol. The van der Waals surface area contributed by atoms with Crippen LogP contribution in [0.4, 0.5) is 0 Å². The molecule has 1 N–H and O–H groups in total. The fourth-order valence-corrected chi connectivity index (χ4v) is 4.91. The third kappa shape index (κ3) is 2.34. The van der Waals surface area contributed by atoms with Gasteiger partial charge >= 0.3 is 5.97 Å². The van der Waals surface area contributed by atoms with E-state index in [9.17, 15) is 9.59 Å². The van der Waals surface area contributed by atoms with Crippen LogP contribution in [-0.2, 0) is 4.79 Å². The zero-order valence-corrected chi connectivity index (χ0v) is 13.9. The normalized spacial score (nSPS) is 22.5. The van der Waals surface area contributed by atoms with Gasteiger partial charge in [0.25, 0.3) is 5.91 Å². The highest BCUT2D eigenvalue weighted by Gasteiger charge is 2.59. The molecule has 1 amide bonds. The molecule has 0 bridgehead atoms. The molecule has 2 aliphatic rings. The first kappa shape index (κ1) is 14.7. The van der Waals surface area contributed by atoms with Crippen LogP contribution in [0.25, 0.3) is 10.1 Å². The van der Waals surface area contributed by atoms with Crippen molar-refractivity contribution < 1.29 is 14.7 Å². The fraction of sp³-hybridized carbons (Fsp3) is 0.444. The number of hydrogen-bond donors (Lipinski definition) is 1. The minimum Gasteiger partial charge on any atom is -0.481 e. The quantitative estimate of drug-likeness (QED) is 0.917. The number of hydrogen-bond acceptors (Lipinski definition) is 3. The van der Waals surface area contributed by atoms with Gasteiger partial charge in [-0.25, -0.2) is 0 Å². The molecule has 1 aromatic carbocycles. The molecule has 2 aromatic rings. The topological polar surface area (TPSA) is 57.6 Å². The molecule has 23 heavy (non-hydrogen) atoms. The third-order valence-electron chi connectivity index (χ3n) is 5.50. The predicted octanol–water partition coefficient (Wildman–Crippen LogP) is 3.54. The van der Waals surface area contributed by atoms with Crippen LogP contribution in [0.15, 0.2) is 23.6 Å². The number of aryl methyl sites for hydroxylation is 1. The van der Waals surface area contributed by atoms with Gasteiger partial charge in [0.05, 0.1) is 11.5 Å². The smallest absolute Gasteiger partial charge is 0.307 e. The molecule has 4 rings (SSSR count). The summed E-state index contributed by atoms with van der Waals surface area (Å²) in [7, 11) is 0. The van der Waals surface area contributed by atoms with Gasteiger partial charge in [-0.15, -0.1) is 11.3 Å². The summed E-state index contributed by atoms with van der Waals surface area (Å²) in [6, 6.07) is 6.18. The first-order valence-corrected chi connectivity index (χ1v) is 8.88. The molecule has 1 aliphatic carbocycles. The van der Waals surface area contributed by atoms with Gasteiger partial charge in [-0.1, -0.05) is 12.1 Å². The van der Waals surface area contributed by atoms with Crippen molar-refractivity contribution in [3.63, 3.8) is 0 Å². The summed E-state index contributed by atoms with van der Waals surface area (Å²) >= 11 is 1.61. The minimum atomic E-state index is -0.677. The molecule has 4 nitrogen and oxygen atoms in total. The van der Waals surface area contributed by atoms with Crippen molar-refractivity contribution in [2.75, 3.05) is 13.1 Å². The number of carboxylic acid groups (broad SMARTS) is 1. The highest BCUT2D eigenvalue weighted by Crippen LogP contribution is 2.59. The number of piperidine rings is 1. The lowest BCUT2D eigenvalue weighted by atomic mass is 9.90. The lowest BCUT2D eigenvalue weighted by Crippen LogP contribution is -2.39. The Balaban J connectivity index is 1.51. The van der Waals surface area contributed by atoms with Gasteiger partial charge < -0.3 is 10.0 Å². The maximum atomic E-state index is 12.8. The summed E-state index contributed by atoms with van der Waals surface area (Å²) in [4.78, 5) is 25.8. The Kier molecular flexibility index (Phi) is 3.23. The van der Waals surface area contributed by atoms with E-state index in [1.165, 1.54) is 5.56 Å². The zero-order chi connectivity index (χ0) is 16.2. The molecular formula is C18H19NO3S. The van der Waals surface area contributed by atoms with Crippen molar-refractivity contribution in [2.24, 2.45) is 11.3 Å². The highest BCUT2D eigenvalue weighted by atomic mass is 32.1. The molecule has 5 heteroatoms. The number of likely N-dealkylation sites (tertiary alicyclic amines) is 1. The minimum absolute atomic E-state index is 0.0313. The van der Waals surface area contributed by atoms with Crippen molar-refractivity contribution in [3.05, 3.63) is 34.7 Å². The van der Waals surface area contributed by atoms with E-state index >= 15 is 0 Å². The van der Waals surface area contributed by atoms with Crippen molar-refractivity contribution in [3.8, 4) is 0 Å². The Morgan fingerprint density at radius 1 is 1.30 bits per heavy atom. The van der Waals surface area contributed by atoms with Crippen LogP contribution in [0.5, 0.6) is 0 Å². The number of amides is 1. The SMILES string of the molecule is Cc1ccc2c(C(=O)N3CCC4(CC3)CC4C(=O)O)csc2c1. The number of carboxylic acids is 1. The van der Waals surface area contributed by atoms with E-state index in [-0.39, 0.29) is 17.2 Å². The van der Waals surface area contributed by atoms with Crippen LogP contribution in [0, 0.1) is 18.3 Å². The second-order valence-electron chi connectivity index (χ2n) is 6.90. The molecule has 1 atom stereocenters. The van der Waals surface area contributed by atoms with E-state index < -0.39 is 5.97 Å². The number of benzene rings is 1. The Morgan fingerprint density at radius 3 is 2.70 bits per heavy atom. The fourth-order valence-electron chi connectivity index (χ4n) is 3.88. The molecule has 0 radical (unpaired) electrons. The molecule has 2 heterocycles. The summed E-state index contributed by atoms with van der Waals surface area (Å²) in [6.07, 6.45) is 2.42. The van der Waals surface area contributed by atoms with Gasteiger partial charge in [-0.2, -0.15) is 0 Å². The summed E-state index contributed by atoms with van der Waals surface area (Å²) in [5, 5.41) is 12.1. The molecule has 1 aromatic heterocycles. The van der Waals surface area contributed by atoms with E-state index in [0.717, 1.165) is 34.9 Å². The summed E-state index contributed by atoms with van der Waals surface area (Å²) in [5.41, 5.74) is 1.95. The lowest BCUT2D eigenvalue weighted by molar-refractivity contribution is -0.139. The highest BCUT2D eigenvalue weighted by molar-refractivity contribution is 7.17. The van der Waals surface area contributed by atoms with Gasteiger partial charge in [0.1, 0.15) is 0 Å². The van der Waals surface area contributed by atoms with Gasteiger partial charge in [-0.05, 0) is 43.2 Å². The van der Waals surface area contributed by atoms with E-state index in [2.05, 4.69) is 13.0 Å². The van der Waals surface area contributed by atoms with Crippen molar-refractivity contribution in [1.29, 1.82) is 0 Å². The number of carbonyl (C=O) groups is 2. The van der Waals surface area contributed by atoms with Gasteiger partial charge in [0, 0.05) is 28.6 Å². The first-order chi connectivity index (χ1) is 11.0. The molecular weight excluding hydrogens is 310 g/mol. The number of rotatable bonds is 2. The maximum absolute atomic E-state index is 12.8. The average Bonchev–Trinajstić information content (AvgIpc) is 3.07. The third-order valence-corrected chi connectivity index (χ3v) is 6.44. The summed E-state index contributed by atoms with van der Waals surface area (Å²) in [5.74, 6) is -0.781. The Morgan fingerprint density at radius 2 is 2.04 bits per heavy atom. The van der Waals surface area contributed by atoms with E-state index in [4.69, 9.17) is 5.11 Å². The Hall–Kier alpha value is -1.88. The molecule has 120 valence electrons. The van der Waals surface area contributed by atoms with Crippen molar-refractivity contribution >= 4 is 33.3 Å². The number of thiophene rings is 1. The van der Waals surface area contributed by atoms with Gasteiger partial charge in [-0.3, -0.25) is 9.59 Å². The number of fused-ring (bicyclic) bond motifs is 1. The monoisotopic (exact) mass is 329 g/mol. The molecule has 1 saturated carbocycles. The lowest BCUT2D eigenvalue weighted by Gasteiger charge is -2.32. The van der Waals surface area contributed by atoms with E-state index in [1.54, 1.807) is 11.3 Å². The van der Waals surface area contributed by atoms with Crippen molar-refractivity contribution in [2.45, 2.75) is 26.2 Å². The summed E-state index contributed by atoms with van der Waals surface area (Å²) in [6.45, 7) is 3.40. The molecule has 2 fully saturated rings. The molecule has 1 spiro atoms. The van der Waals surface area contributed by atoms with Crippen LogP contribution < -0.4 is 0 Å². The van der Waals surface area contributed by atoms with E-state index in [1.807, 2.05) is 22.4 Å². The van der Waals surface area contributed by atoms with Gasteiger partial charge in [0.15, 0.2) is 0 Å². The Labute approximate surface area is 138 Å². The zero-order valence-electron chi connectivity index (χ0n) is 13.0. The van der Waals surface area contributed by atoms with Crippen molar-refractivity contribution in [1.82, 2.24) is 4.90 Å². The van der Waals surface area contributed by atoms with E-state index in [0.29, 0.717) is 13.1 Å². The second-order valence-corrected chi connectivity index (χ2v) is 7.81. The summed E-state index contributed by atoms with van der Waals surface area (Å²) < 4.78 is 1.15. The largest absolute Gasteiger partial charge is 0.481 e. The van der Waals surface area contributed by atoms with Crippen LogP contribution in [0.3, 0.4) is 0 Å². The van der Waals surface area contributed by atoms with Crippen LogP contribution >= 0.6 is 11.3 Å². The number of carbonyl (C=O) groups excluding carboxylic acids is 1. The first-order valence-electron chi connectivity index (χ1n) is 8.00. The van der Waals surface area contributed by atoms with Crippen LogP contribution in [0.1, 0.15) is 35.2 Å². The van der Waals surface area contributed by atoms with Crippen LogP contribution in [0.2, 0.25) is 0 Å². The molecule has 1 unspecified atom stereocenters. The maximum Gasteiger partial charge on any atom is 0.307 e. The molecule has 1 saturated heterocycles. The number of aliphatic carboxylic acids is 1. The molecule has 1 aliphatic heterocycles. The van der Waals surface area contributed by atoms with Gasteiger partial charge in [0.2, 0.25) is 0 Å². The standard InChI is InChI=1S/C18H19NO3S/c1-11-2-3-12-13(10-23-15(12)8-11)16(20)19-6-4-18(5-7-19)9-14(18)17(21)22/h2-3,8,10,14H,4-7,9H2,1H3,(H,21,22). The Bertz CT molecular complexity index is 802. The number of nitrogens with zero attached hydrogens (tertiary/aromatic N) is 1. The average molecular weight is 329 g/mol. The second kappa shape index (κ2) is 5.06. The van der Waals surface area contributed by atoms with Crippen LogP contribution in [-0.4, -0.2) is 35.0 Å².